The zero-order valence-corrected chi connectivity index (χ0v) is 10.2. The number of anilines is 1. The summed E-state index contributed by atoms with van der Waals surface area (Å²) in [7, 11) is 0. The van der Waals surface area contributed by atoms with Gasteiger partial charge in [-0.05, 0) is 25.0 Å². The van der Waals surface area contributed by atoms with E-state index in [2.05, 4.69) is 5.32 Å². The van der Waals surface area contributed by atoms with Crippen LogP contribution in [0.4, 0.5) is 5.69 Å². The number of nitrogens with two attached hydrogens (primary N) is 1. The molecular formula is C13H18N2O3. The molecule has 5 nitrogen and oxygen atoms in total. The van der Waals surface area contributed by atoms with Gasteiger partial charge in [0.1, 0.15) is 5.75 Å². The molecule has 0 saturated heterocycles. The molecule has 4 N–H and O–H groups in total. The van der Waals surface area contributed by atoms with Crippen LogP contribution < -0.4 is 15.8 Å². The normalized spacial score (nSPS) is 16.1. The molecule has 0 unspecified atom stereocenters. The van der Waals surface area contributed by atoms with Crippen molar-refractivity contribution in [2.75, 3.05) is 25.5 Å². The maximum absolute atomic E-state index is 11.6. The molecular weight excluding hydrogens is 232 g/mol. The van der Waals surface area contributed by atoms with Gasteiger partial charge in [-0.25, -0.2) is 0 Å². The number of ether oxygens (including phenoxy) is 1. The second kappa shape index (κ2) is 5.27. The molecule has 0 bridgehead atoms. The van der Waals surface area contributed by atoms with Crippen LogP contribution in [0.25, 0.3) is 0 Å². The molecule has 0 radical (unpaired) electrons. The van der Waals surface area contributed by atoms with Crippen molar-refractivity contribution in [1.82, 2.24) is 5.32 Å². The summed E-state index contributed by atoms with van der Waals surface area (Å²) in [6, 6.07) is 7.05. The van der Waals surface area contributed by atoms with Gasteiger partial charge in [-0.3, -0.25) is 4.79 Å². The lowest BCUT2D eigenvalue weighted by Gasteiger charge is -2.13. The van der Waals surface area contributed by atoms with Gasteiger partial charge in [0.2, 0.25) is 0 Å². The summed E-state index contributed by atoms with van der Waals surface area (Å²) in [4.78, 5) is 11.6. The van der Waals surface area contributed by atoms with Gasteiger partial charge in [-0.1, -0.05) is 12.1 Å². The Morgan fingerprint density at radius 3 is 2.78 bits per heavy atom. The van der Waals surface area contributed by atoms with Crippen LogP contribution in [-0.4, -0.2) is 30.8 Å². The monoisotopic (exact) mass is 250 g/mol. The van der Waals surface area contributed by atoms with Gasteiger partial charge in [-0.2, -0.15) is 0 Å². The Labute approximate surface area is 106 Å². The van der Waals surface area contributed by atoms with Crippen molar-refractivity contribution in [3.63, 3.8) is 0 Å². The van der Waals surface area contributed by atoms with Crippen LogP contribution >= 0.6 is 0 Å². The van der Waals surface area contributed by atoms with Crippen LogP contribution in [0, 0.1) is 5.41 Å². The standard InChI is InChI=1S/C13H18N2O3/c14-10-3-1-2-4-11(10)18-7-12(17)15-8-13(9-16)5-6-13/h1-4,16H,5-9,14H2,(H,15,17). The zero-order chi connectivity index (χ0) is 13.0. The number of nitrogens with one attached hydrogen (secondary N) is 1. The number of amides is 1. The lowest BCUT2D eigenvalue weighted by atomic mass is 10.1. The largest absolute Gasteiger partial charge is 0.482 e. The lowest BCUT2D eigenvalue weighted by molar-refractivity contribution is -0.123. The third kappa shape index (κ3) is 3.13. The SMILES string of the molecule is Nc1ccccc1OCC(=O)NCC1(CO)CC1. The molecule has 1 aliphatic rings. The van der Waals surface area contributed by atoms with Gasteiger partial charge in [0, 0.05) is 12.0 Å². The summed E-state index contributed by atoms with van der Waals surface area (Å²) in [5.74, 6) is 0.314. The maximum Gasteiger partial charge on any atom is 0.257 e. The number of hydrogen-bond acceptors (Lipinski definition) is 4. The van der Waals surface area contributed by atoms with Crippen molar-refractivity contribution < 1.29 is 14.6 Å². The molecule has 0 heterocycles. The molecule has 18 heavy (non-hydrogen) atoms. The fourth-order valence-electron chi connectivity index (χ4n) is 1.66. The molecule has 0 spiro atoms. The van der Waals surface area contributed by atoms with Crippen LogP contribution in [0.2, 0.25) is 0 Å². The molecule has 1 aromatic rings. The zero-order valence-electron chi connectivity index (χ0n) is 10.2. The van der Waals surface area contributed by atoms with E-state index in [1.165, 1.54) is 0 Å². The topological polar surface area (TPSA) is 84.6 Å². The Morgan fingerprint density at radius 2 is 2.17 bits per heavy atom. The first-order chi connectivity index (χ1) is 8.65. The number of benzene rings is 1. The summed E-state index contributed by atoms with van der Waals surface area (Å²) in [6.07, 6.45) is 1.94. The predicted molar refractivity (Wildman–Crippen MR) is 68.1 cm³/mol. The number of hydrogen-bond donors (Lipinski definition) is 3. The van der Waals surface area contributed by atoms with E-state index < -0.39 is 0 Å². The Hall–Kier alpha value is -1.75. The van der Waals surface area contributed by atoms with Crippen LogP contribution in [0.5, 0.6) is 5.75 Å². The number of para-hydroxylation sites is 2. The van der Waals surface area contributed by atoms with Gasteiger partial charge >= 0.3 is 0 Å². The van der Waals surface area contributed by atoms with E-state index in [9.17, 15) is 4.79 Å². The first-order valence-electron chi connectivity index (χ1n) is 6.00. The fourth-order valence-corrected chi connectivity index (χ4v) is 1.66. The number of rotatable bonds is 6. The molecule has 0 aromatic heterocycles. The van der Waals surface area contributed by atoms with E-state index in [4.69, 9.17) is 15.6 Å². The Balaban J connectivity index is 1.74. The van der Waals surface area contributed by atoms with Crippen LogP contribution in [0.15, 0.2) is 24.3 Å². The quantitative estimate of drug-likeness (QED) is 0.643. The molecule has 1 fully saturated rings. The summed E-state index contributed by atoms with van der Waals surface area (Å²) in [6.45, 7) is 0.575. The lowest BCUT2D eigenvalue weighted by Crippen LogP contribution is -2.35. The first kappa shape index (κ1) is 12.7. The van der Waals surface area contributed by atoms with E-state index in [0.717, 1.165) is 12.8 Å². The highest BCUT2D eigenvalue weighted by atomic mass is 16.5. The molecule has 98 valence electrons. The maximum atomic E-state index is 11.6. The first-order valence-corrected chi connectivity index (χ1v) is 6.00. The third-order valence-electron chi connectivity index (χ3n) is 3.23. The molecule has 5 heteroatoms. The van der Waals surface area contributed by atoms with Crippen molar-refractivity contribution in [1.29, 1.82) is 0 Å². The van der Waals surface area contributed by atoms with E-state index in [0.29, 0.717) is 18.0 Å². The van der Waals surface area contributed by atoms with E-state index >= 15 is 0 Å². The molecule has 1 aromatic carbocycles. The minimum Gasteiger partial charge on any atom is -0.482 e. The number of aliphatic hydroxyl groups is 1. The van der Waals surface area contributed by atoms with E-state index in [-0.39, 0.29) is 24.5 Å². The highest BCUT2D eigenvalue weighted by molar-refractivity contribution is 5.77. The van der Waals surface area contributed by atoms with Gasteiger partial charge in [0.25, 0.3) is 5.91 Å². The van der Waals surface area contributed by atoms with Crippen molar-refractivity contribution >= 4 is 11.6 Å². The number of nitrogen functional groups attached to an aromatic ring is 1. The second-order valence-corrected chi connectivity index (χ2v) is 4.76. The predicted octanol–water partition coefficient (Wildman–Crippen LogP) is 0.536. The van der Waals surface area contributed by atoms with Crippen LogP contribution in [0.3, 0.4) is 0 Å². The number of carbonyl (C=O) groups is 1. The van der Waals surface area contributed by atoms with Gasteiger partial charge in [0.15, 0.2) is 6.61 Å². The van der Waals surface area contributed by atoms with E-state index in [1.54, 1.807) is 24.3 Å². The molecule has 1 saturated carbocycles. The van der Waals surface area contributed by atoms with Crippen molar-refractivity contribution in [2.45, 2.75) is 12.8 Å². The smallest absolute Gasteiger partial charge is 0.257 e. The molecule has 0 atom stereocenters. The average molecular weight is 250 g/mol. The summed E-state index contributed by atoms with van der Waals surface area (Å²) < 4.78 is 5.32. The number of carbonyl (C=O) groups excluding carboxylic acids is 1. The highest BCUT2D eigenvalue weighted by Crippen LogP contribution is 2.44. The highest BCUT2D eigenvalue weighted by Gasteiger charge is 2.42. The van der Waals surface area contributed by atoms with Gasteiger partial charge < -0.3 is 20.9 Å². The summed E-state index contributed by atoms with van der Waals surface area (Å²) in [5, 5.41) is 11.9. The van der Waals surface area contributed by atoms with Crippen molar-refractivity contribution in [2.24, 2.45) is 5.41 Å². The minimum atomic E-state index is -0.196. The van der Waals surface area contributed by atoms with Crippen LogP contribution in [0.1, 0.15) is 12.8 Å². The average Bonchev–Trinajstić information content (AvgIpc) is 3.16. The Morgan fingerprint density at radius 1 is 1.44 bits per heavy atom. The Bertz CT molecular complexity index is 430. The van der Waals surface area contributed by atoms with Gasteiger partial charge in [-0.15, -0.1) is 0 Å². The Kier molecular flexibility index (Phi) is 3.72. The number of aliphatic hydroxyl groups excluding tert-OH is 1. The van der Waals surface area contributed by atoms with Crippen molar-refractivity contribution in [3.05, 3.63) is 24.3 Å². The van der Waals surface area contributed by atoms with Gasteiger partial charge in [0.05, 0.1) is 12.3 Å². The minimum absolute atomic E-state index is 0.0598. The van der Waals surface area contributed by atoms with Crippen LogP contribution in [-0.2, 0) is 4.79 Å². The second-order valence-electron chi connectivity index (χ2n) is 4.76. The third-order valence-corrected chi connectivity index (χ3v) is 3.23. The molecule has 0 aliphatic heterocycles. The van der Waals surface area contributed by atoms with E-state index in [1.807, 2.05) is 0 Å². The summed E-state index contributed by atoms with van der Waals surface area (Å²) in [5.41, 5.74) is 6.12. The molecule has 2 rings (SSSR count). The molecule has 1 amide bonds. The van der Waals surface area contributed by atoms with Crippen molar-refractivity contribution in [3.8, 4) is 5.75 Å². The fraction of sp³-hybridized carbons (Fsp3) is 0.462. The molecule has 1 aliphatic carbocycles. The summed E-state index contributed by atoms with van der Waals surface area (Å²) >= 11 is 0.